The minimum Gasteiger partial charge on any atom is -0.456 e. The van der Waals surface area contributed by atoms with E-state index >= 15 is 0 Å². The molecule has 0 aliphatic carbocycles. The lowest BCUT2D eigenvalue weighted by molar-refractivity contribution is 0.631. The largest absolute Gasteiger partial charge is 0.456 e. The van der Waals surface area contributed by atoms with E-state index in [9.17, 15) is 0 Å². The first-order valence-electron chi connectivity index (χ1n) is 19.1. The van der Waals surface area contributed by atoms with E-state index in [0.29, 0.717) is 0 Å². The van der Waals surface area contributed by atoms with Crippen molar-refractivity contribution in [2.24, 2.45) is 0 Å². The second-order valence-electron chi connectivity index (χ2n) is 14.2. The second-order valence-corrected chi connectivity index (χ2v) is 14.2. The molecule has 1 heterocycles. The number of para-hydroxylation sites is 1. The molecule has 1 aromatic heterocycles. The minimum atomic E-state index is 0.881. The number of hydrogen-bond donors (Lipinski definition) is 0. The molecule has 2 nitrogen and oxygen atoms in total. The molecule has 0 spiro atoms. The van der Waals surface area contributed by atoms with Crippen molar-refractivity contribution >= 4 is 38.8 Å². The van der Waals surface area contributed by atoms with Gasteiger partial charge in [0.2, 0.25) is 0 Å². The van der Waals surface area contributed by atoms with Crippen molar-refractivity contribution in [2.45, 2.75) is 0 Å². The number of benzene rings is 9. The molecule has 2 heteroatoms. The molecular weight excluding hydrogens is 679 g/mol. The van der Waals surface area contributed by atoms with Crippen LogP contribution in [0, 0.1) is 0 Å². The average molecular weight is 716 g/mol. The lowest BCUT2D eigenvalue weighted by Gasteiger charge is -2.26. The van der Waals surface area contributed by atoms with E-state index in [1.807, 2.05) is 18.2 Å². The molecular formula is C54H37NO. The quantitative estimate of drug-likeness (QED) is 0.156. The Morgan fingerprint density at radius 1 is 0.268 bits per heavy atom. The van der Waals surface area contributed by atoms with Crippen LogP contribution in [0.5, 0.6) is 0 Å². The van der Waals surface area contributed by atoms with E-state index in [-0.39, 0.29) is 0 Å². The van der Waals surface area contributed by atoms with Crippen LogP contribution in [0.15, 0.2) is 229 Å². The summed E-state index contributed by atoms with van der Waals surface area (Å²) in [5.74, 6) is 0.881. The summed E-state index contributed by atoms with van der Waals surface area (Å²) in [6, 6.07) is 80.1. The summed E-state index contributed by atoms with van der Waals surface area (Å²) >= 11 is 0. The van der Waals surface area contributed by atoms with E-state index in [1.165, 1.54) is 49.7 Å². The highest BCUT2D eigenvalue weighted by molar-refractivity contribution is 5.91. The number of furan rings is 1. The number of anilines is 3. The fourth-order valence-electron chi connectivity index (χ4n) is 7.79. The molecule has 0 bridgehead atoms. The van der Waals surface area contributed by atoms with E-state index in [1.54, 1.807) is 0 Å². The van der Waals surface area contributed by atoms with Gasteiger partial charge in [0.1, 0.15) is 11.3 Å². The van der Waals surface area contributed by atoms with Crippen LogP contribution >= 0.6 is 0 Å². The van der Waals surface area contributed by atoms with E-state index < -0.39 is 0 Å². The summed E-state index contributed by atoms with van der Waals surface area (Å²) in [5, 5.41) is 3.55. The van der Waals surface area contributed by atoms with Gasteiger partial charge in [-0.3, -0.25) is 0 Å². The standard InChI is InChI=1S/C54H37NO/c1-2-12-42(13-3-1)51-18-7-8-19-52(51)43-28-32-49(33-29-43)55(50-34-27-38-11-4-5-14-45(38)36-50)48-30-25-40(26-31-48)39-21-23-41(24-22-39)44-16-10-17-46(35-44)54-37-47-15-6-9-20-53(47)56-54/h1-37H. The topological polar surface area (TPSA) is 16.4 Å². The minimum absolute atomic E-state index is 0.881. The van der Waals surface area contributed by atoms with E-state index in [2.05, 4.69) is 211 Å². The van der Waals surface area contributed by atoms with Crippen LogP contribution < -0.4 is 4.90 Å². The molecule has 0 saturated heterocycles. The predicted octanol–water partition coefficient (Wildman–Crippen LogP) is 15.4. The first kappa shape index (κ1) is 33.2. The molecule has 0 N–H and O–H groups in total. The maximum absolute atomic E-state index is 6.16. The van der Waals surface area contributed by atoms with Gasteiger partial charge in [-0.15, -0.1) is 0 Å². The highest BCUT2D eigenvalue weighted by atomic mass is 16.3. The fourth-order valence-corrected chi connectivity index (χ4v) is 7.79. The summed E-state index contributed by atoms with van der Waals surface area (Å²) in [5.41, 5.74) is 14.8. The Kier molecular flexibility index (Phi) is 8.55. The Morgan fingerprint density at radius 2 is 0.750 bits per heavy atom. The maximum atomic E-state index is 6.16. The summed E-state index contributed by atoms with van der Waals surface area (Å²) in [6.45, 7) is 0. The fraction of sp³-hybridized carbons (Fsp3) is 0. The predicted molar refractivity (Wildman–Crippen MR) is 236 cm³/mol. The monoisotopic (exact) mass is 715 g/mol. The molecule has 0 aliphatic heterocycles. The maximum Gasteiger partial charge on any atom is 0.135 e. The molecule has 0 unspecified atom stereocenters. The Bertz CT molecular complexity index is 2910. The number of nitrogens with zero attached hydrogens (tertiary/aromatic N) is 1. The van der Waals surface area contributed by atoms with E-state index in [0.717, 1.165) is 44.9 Å². The zero-order chi connectivity index (χ0) is 37.3. The Labute approximate surface area is 327 Å². The molecule has 0 amide bonds. The zero-order valence-corrected chi connectivity index (χ0v) is 30.7. The van der Waals surface area contributed by atoms with Crippen molar-refractivity contribution in [3.63, 3.8) is 0 Å². The molecule has 10 aromatic rings. The summed E-state index contributed by atoms with van der Waals surface area (Å²) in [6.07, 6.45) is 0. The van der Waals surface area contributed by atoms with Gasteiger partial charge in [0.25, 0.3) is 0 Å². The van der Waals surface area contributed by atoms with Crippen LogP contribution in [0.3, 0.4) is 0 Å². The first-order chi connectivity index (χ1) is 27.7. The third kappa shape index (κ3) is 6.44. The van der Waals surface area contributed by atoms with Crippen LogP contribution in [0.2, 0.25) is 0 Å². The second kappa shape index (κ2) is 14.4. The molecule has 0 radical (unpaired) electrons. The van der Waals surface area contributed by atoms with Crippen molar-refractivity contribution in [3.8, 4) is 55.8 Å². The highest BCUT2D eigenvalue weighted by Gasteiger charge is 2.15. The van der Waals surface area contributed by atoms with Crippen LogP contribution in [-0.4, -0.2) is 0 Å². The van der Waals surface area contributed by atoms with Crippen molar-refractivity contribution in [3.05, 3.63) is 224 Å². The van der Waals surface area contributed by atoms with Crippen molar-refractivity contribution in [1.29, 1.82) is 0 Å². The highest BCUT2D eigenvalue weighted by Crippen LogP contribution is 2.40. The smallest absolute Gasteiger partial charge is 0.135 e. The van der Waals surface area contributed by atoms with Gasteiger partial charge in [0.15, 0.2) is 0 Å². The number of fused-ring (bicyclic) bond motifs is 2. The molecule has 0 atom stereocenters. The van der Waals surface area contributed by atoms with Gasteiger partial charge < -0.3 is 9.32 Å². The Morgan fingerprint density at radius 3 is 1.43 bits per heavy atom. The van der Waals surface area contributed by atoms with Crippen LogP contribution in [0.25, 0.3) is 77.6 Å². The molecule has 0 saturated carbocycles. The van der Waals surface area contributed by atoms with E-state index in [4.69, 9.17) is 4.42 Å². The van der Waals surface area contributed by atoms with Gasteiger partial charge in [0.05, 0.1) is 0 Å². The Hall–Kier alpha value is -7.42. The van der Waals surface area contributed by atoms with Gasteiger partial charge in [-0.1, -0.05) is 170 Å². The first-order valence-corrected chi connectivity index (χ1v) is 19.1. The zero-order valence-electron chi connectivity index (χ0n) is 30.7. The number of rotatable bonds is 8. The lowest BCUT2D eigenvalue weighted by Crippen LogP contribution is -2.09. The average Bonchev–Trinajstić information content (AvgIpc) is 3.72. The van der Waals surface area contributed by atoms with Crippen molar-refractivity contribution in [1.82, 2.24) is 0 Å². The van der Waals surface area contributed by atoms with Gasteiger partial charge in [-0.2, -0.15) is 0 Å². The summed E-state index contributed by atoms with van der Waals surface area (Å²) < 4.78 is 6.16. The van der Waals surface area contributed by atoms with Crippen LogP contribution in [-0.2, 0) is 0 Å². The Balaban J connectivity index is 0.957. The third-order valence-corrected chi connectivity index (χ3v) is 10.7. The SMILES string of the molecule is c1ccc(-c2ccccc2-c2ccc(N(c3ccc(-c4ccc(-c5cccc(-c6cc7ccccc7o6)c5)cc4)cc3)c3ccc4ccccc4c3)cc2)cc1. The molecule has 56 heavy (non-hydrogen) atoms. The van der Waals surface area contributed by atoms with Crippen LogP contribution in [0.4, 0.5) is 17.1 Å². The summed E-state index contributed by atoms with van der Waals surface area (Å²) in [7, 11) is 0. The van der Waals surface area contributed by atoms with Crippen molar-refractivity contribution < 1.29 is 4.42 Å². The normalized spacial score (nSPS) is 11.2. The molecule has 10 rings (SSSR count). The number of hydrogen-bond acceptors (Lipinski definition) is 2. The van der Waals surface area contributed by atoms with Crippen LogP contribution in [0.1, 0.15) is 0 Å². The lowest BCUT2D eigenvalue weighted by atomic mass is 9.94. The van der Waals surface area contributed by atoms with Gasteiger partial charge in [-0.05, 0) is 110 Å². The van der Waals surface area contributed by atoms with Crippen molar-refractivity contribution in [2.75, 3.05) is 4.90 Å². The molecule has 0 fully saturated rings. The molecule has 0 aliphatic rings. The van der Waals surface area contributed by atoms with Gasteiger partial charge >= 0.3 is 0 Å². The molecule has 9 aromatic carbocycles. The summed E-state index contributed by atoms with van der Waals surface area (Å²) in [4.78, 5) is 2.35. The van der Waals surface area contributed by atoms with Gasteiger partial charge in [0, 0.05) is 28.0 Å². The third-order valence-electron chi connectivity index (χ3n) is 10.7. The van der Waals surface area contributed by atoms with Gasteiger partial charge in [-0.25, -0.2) is 0 Å². The molecule has 264 valence electrons.